The Hall–Kier alpha value is -1.97. The maximum atomic E-state index is 12.3. The highest BCUT2D eigenvalue weighted by Crippen LogP contribution is 2.12. The normalized spacial score (nSPS) is 10.5. The highest BCUT2D eigenvalue weighted by atomic mass is 16.1. The van der Waals surface area contributed by atoms with Crippen LogP contribution in [-0.2, 0) is 6.54 Å². The third kappa shape index (κ3) is 2.11. The fraction of sp³-hybridized carbons (Fsp3) is 0.308. The number of aryl methyl sites for hydroxylation is 3. The molecule has 2 rings (SSSR count). The monoisotopic (exact) mass is 229 g/mol. The van der Waals surface area contributed by atoms with Gasteiger partial charge >= 0.3 is 0 Å². The highest BCUT2D eigenvalue weighted by Gasteiger charge is 2.16. The van der Waals surface area contributed by atoms with Gasteiger partial charge < -0.3 is 0 Å². The van der Waals surface area contributed by atoms with Crippen LogP contribution in [0, 0.1) is 13.8 Å². The van der Waals surface area contributed by atoms with Gasteiger partial charge in [-0.3, -0.25) is 14.5 Å². The molecule has 0 aromatic carbocycles. The van der Waals surface area contributed by atoms with E-state index in [1.165, 1.54) is 0 Å². The Labute approximate surface area is 100 Å². The van der Waals surface area contributed by atoms with Gasteiger partial charge in [-0.25, -0.2) is 0 Å². The average Bonchev–Trinajstić information content (AvgIpc) is 2.76. The predicted octanol–water partition coefficient (Wildman–Crippen LogP) is 2.15. The van der Waals surface area contributed by atoms with Gasteiger partial charge in [0.05, 0.1) is 0 Å². The van der Waals surface area contributed by atoms with E-state index < -0.39 is 0 Å². The standard InChI is InChI=1S/C13H15N3O/c1-4-16-11(5-6-15-16)13(17)12-10(3)7-9(2)8-14-12/h5-8H,4H2,1-3H3. The van der Waals surface area contributed by atoms with E-state index in [2.05, 4.69) is 10.1 Å². The SMILES string of the molecule is CCn1nccc1C(=O)c1ncc(C)cc1C. The van der Waals surface area contributed by atoms with Crippen LogP contribution in [0.25, 0.3) is 0 Å². The minimum atomic E-state index is -0.0677. The summed E-state index contributed by atoms with van der Waals surface area (Å²) in [5.41, 5.74) is 3.06. The summed E-state index contributed by atoms with van der Waals surface area (Å²) in [6, 6.07) is 3.69. The number of carbonyl (C=O) groups is 1. The Balaban J connectivity index is 2.44. The molecular weight excluding hydrogens is 214 g/mol. The van der Waals surface area contributed by atoms with E-state index in [1.54, 1.807) is 23.1 Å². The van der Waals surface area contributed by atoms with Crippen molar-refractivity contribution in [2.45, 2.75) is 27.3 Å². The molecule has 0 unspecified atom stereocenters. The van der Waals surface area contributed by atoms with Gasteiger partial charge in [-0.2, -0.15) is 5.10 Å². The van der Waals surface area contributed by atoms with Crippen LogP contribution in [0.5, 0.6) is 0 Å². The van der Waals surface area contributed by atoms with Crippen LogP contribution in [0.2, 0.25) is 0 Å². The second-order valence-electron chi connectivity index (χ2n) is 4.04. The number of rotatable bonds is 3. The third-order valence-corrected chi connectivity index (χ3v) is 2.68. The summed E-state index contributed by atoms with van der Waals surface area (Å²) in [4.78, 5) is 16.5. The molecule has 2 aromatic rings. The van der Waals surface area contributed by atoms with Crippen molar-refractivity contribution >= 4 is 5.78 Å². The number of carbonyl (C=O) groups excluding carboxylic acids is 1. The van der Waals surface area contributed by atoms with Gasteiger partial charge in [-0.1, -0.05) is 6.07 Å². The average molecular weight is 229 g/mol. The lowest BCUT2D eigenvalue weighted by atomic mass is 10.1. The van der Waals surface area contributed by atoms with E-state index >= 15 is 0 Å². The van der Waals surface area contributed by atoms with Crippen LogP contribution in [0.3, 0.4) is 0 Å². The molecule has 0 amide bonds. The minimum absolute atomic E-state index is 0.0677. The zero-order valence-electron chi connectivity index (χ0n) is 10.3. The Kier molecular flexibility index (Phi) is 3.04. The number of aromatic nitrogens is 3. The van der Waals surface area contributed by atoms with E-state index in [9.17, 15) is 4.79 Å². The van der Waals surface area contributed by atoms with Crippen molar-refractivity contribution in [1.82, 2.24) is 14.8 Å². The van der Waals surface area contributed by atoms with Gasteiger partial charge in [0, 0.05) is 18.9 Å². The van der Waals surface area contributed by atoms with E-state index in [-0.39, 0.29) is 5.78 Å². The Bertz CT molecular complexity index is 558. The van der Waals surface area contributed by atoms with Gasteiger partial charge in [0.2, 0.25) is 5.78 Å². The number of hydrogen-bond acceptors (Lipinski definition) is 3. The maximum Gasteiger partial charge on any atom is 0.229 e. The molecule has 2 aromatic heterocycles. The summed E-state index contributed by atoms with van der Waals surface area (Å²) in [5.74, 6) is -0.0677. The van der Waals surface area contributed by atoms with Crippen molar-refractivity contribution in [3.63, 3.8) is 0 Å². The fourth-order valence-corrected chi connectivity index (χ4v) is 1.85. The first kappa shape index (κ1) is 11.5. The summed E-state index contributed by atoms with van der Waals surface area (Å²) in [5, 5.41) is 4.10. The summed E-state index contributed by atoms with van der Waals surface area (Å²) >= 11 is 0. The fourth-order valence-electron chi connectivity index (χ4n) is 1.85. The molecule has 0 aliphatic heterocycles. The largest absolute Gasteiger partial charge is 0.285 e. The molecule has 88 valence electrons. The number of nitrogens with zero attached hydrogens (tertiary/aromatic N) is 3. The molecule has 4 nitrogen and oxygen atoms in total. The van der Waals surface area contributed by atoms with Crippen LogP contribution >= 0.6 is 0 Å². The first-order valence-corrected chi connectivity index (χ1v) is 5.63. The second-order valence-corrected chi connectivity index (χ2v) is 4.04. The molecule has 0 saturated heterocycles. The van der Waals surface area contributed by atoms with E-state index in [0.717, 1.165) is 11.1 Å². The van der Waals surface area contributed by atoms with E-state index in [0.29, 0.717) is 17.9 Å². The first-order valence-electron chi connectivity index (χ1n) is 5.63. The molecule has 0 radical (unpaired) electrons. The quantitative estimate of drug-likeness (QED) is 0.758. The molecule has 0 spiro atoms. The predicted molar refractivity (Wildman–Crippen MR) is 65.0 cm³/mol. The number of pyridine rings is 1. The van der Waals surface area contributed by atoms with Crippen LogP contribution in [0.15, 0.2) is 24.5 Å². The zero-order chi connectivity index (χ0) is 12.4. The van der Waals surface area contributed by atoms with E-state index in [4.69, 9.17) is 0 Å². The highest BCUT2D eigenvalue weighted by molar-refractivity contribution is 6.07. The van der Waals surface area contributed by atoms with Crippen molar-refractivity contribution in [3.05, 3.63) is 47.0 Å². The van der Waals surface area contributed by atoms with Gasteiger partial charge in [0.1, 0.15) is 11.4 Å². The van der Waals surface area contributed by atoms with Gasteiger partial charge in [0.15, 0.2) is 0 Å². The zero-order valence-corrected chi connectivity index (χ0v) is 10.3. The van der Waals surface area contributed by atoms with Gasteiger partial charge in [-0.15, -0.1) is 0 Å². The summed E-state index contributed by atoms with van der Waals surface area (Å²) in [7, 11) is 0. The van der Waals surface area contributed by atoms with Gasteiger partial charge in [0.25, 0.3) is 0 Å². The third-order valence-electron chi connectivity index (χ3n) is 2.68. The molecule has 0 aliphatic carbocycles. The van der Waals surface area contributed by atoms with Crippen LogP contribution < -0.4 is 0 Å². The van der Waals surface area contributed by atoms with Crippen molar-refractivity contribution in [2.24, 2.45) is 0 Å². The number of hydrogen-bond donors (Lipinski definition) is 0. The number of ketones is 1. The van der Waals surface area contributed by atoms with Crippen molar-refractivity contribution in [3.8, 4) is 0 Å². The second kappa shape index (κ2) is 4.49. The van der Waals surface area contributed by atoms with E-state index in [1.807, 2.05) is 26.8 Å². The van der Waals surface area contributed by atoms with Crippen LogP contribution in [0.1, 0.15) is 34.2 Å². The molecule has 0 bridgehead atoms. The van der Waals surface area contributed by atoms with Crippen molar-refractivity contribution in [1.29, 1.82) is 0 Å². The van der Waals surface area contributed by atoms with Gasteiger partial charge in [-0.05, 0) is 38.0 Å². The molecule has 2 heterocycles. The lowest BCUT2D eigenvalue weighted by molar-refractivity contribution is 0.102. The Morgan fingerprint density at radius 3 is 2.82 bits per heavy atom. The minimum Gasteiger partial charge on any atom is -0.285 e. The molecule has 0 N–H and O–H groups in total. The smallest absolute Gasteiger partial charge is 0.229 e. The molecule has 0 atom stereocenters. The molecule has 0 aliphatic rings. The summed E-state index contributed by atoms with van der Waals surface area (Å²) in [6.07, 6.45) is 3.35. The van der Waals surface area contributed by atoms with Crippen LogP contribution in [0.4, 0.5) is 0 Å². The molecule has 4 heteroatoms. The Morgan fingerprint density at radius 1 is 1.41 bits per heavy atom. The van der Waals surface area contributed by atoms with Crippen molar-refractivity contribution in [2.75, 3.05) is 0 Å². The lowest BCUT2D eigenvalue weighted by Gasteiger charge is -2.06. The molecule has 0 saturated carbocycles. The molecule has 17 heavy (non-hydrogen) atoms. The molecular formula is C13H15N3O. The maximum absolute atomic E-state index is 12.3. The lowest BCUT2D eigenvalue weighted by Crippen LogP contribution is -2.13. The van der Waals surface area contributed by atoms with Crippen molar-refractivity contribution < 1.29 is 4.79 Å². The molecule has 0 fully saturated rings. The van der Waals surface area contributed by atoms with Crippen LogP contribution in [-0.4, -0.2) is 20.5 Å². The first-order chi connectivity index (χ1) is 8.13. The summed E-state index contributed by atoms with van der Waals surface area (Å²) in [6.45, 7) is 6.50. The topological polar surface area (TPSA) is 47.8 Å². The Morgan fingerprint density at radius 2 is 2.18 bits per heavy atom. The summed E-state index contributed by atoms with van der Waals surface area (Å²) < 4.78 is 1.68.